The fourth-order valence-electron chi connectivity index (χ4n) is 6.27. The lowest BCUT2D eigenvalue weighted by molar-refractivity contribution is 0.693. The van der Waals surface area contributed by atoms with E-state index in [1.165, 1.54) is 40.1 Å². The highest BCUT2D eigenvalue weighted by molar-refractivity contribution is 7.97. The van der Waals surface area contributed by atoms with Gasteiger partial charge in [-0.3, -0.25) is 0 Å². The number of nitrogens with zero attached hydrogens (tertiary/aromatic N) is 1. The summed E-state index contributed by atoms with van der Waals surface area (Å²) in [6, 6.07) is 42.4. The zero-order valence-electron chi connectivity index (χ0n) is 19.5. The summed E-state index contributed by atoms with van der Waals surface area (Å²) in [5.41, 5.74) is 5.24. The van der Waals surface area contributed by atoms with Gasteiger partial charge in [-0.1, -0.05) is 97.1 Å². The van der Waals surface area contributed by atoms with E-state index in [0.717, 1.165) is 6.54 Å². The molecule has 4 aromatic rings. The van der Waals surface area contributed by atoms with Gasteiger partial charge in [0.15, 0.2) is 0 Å². The monoisotopic (exact) mass is 479 g/mol. The summed E-state index contributed by atoms with van der Waals surface area (Å²) in [6.07, 6.45) is 2.37. The maximum absolute atomic E-state index is 5.30. The van der Waals surface area contributed by atoms with Crippen molar-refractivity contribution >= 4 is 25.4 Å². The molecule has 1 saturated heterocycles. The van der Waals surface area contributed by atoms with Crippen LogP contribution in [0.4, 0.5) is 0 Å². The quantitative estimate of drug-likeness (QED) is 0.211. The topological polar surface area (TPSA) is 3.24 Å². The molecule has 0 spiro atoms. The molecule has 0 aromatic heterocycles. The van der Waals surface area contributed by atoms with Crippen molar-refractivity contribution in [2.75, 3.05) is 0 Å². The molecule has 0 saturated carbocycles. The maximum atomic E-state index is 5.30. The molecule has 2 aliphatic heterocycles. The maximum Gasteiger partial charge on any atom is 0.0953 e. The van der Waals surface area contributed by atoms with Crippen LogP contribution in [0, 0.1) is 13.3 Å². The average molecular weight is 480 g/mol. The van der Waals surface area contributed by atoms with Crippen LogP contribution in [-0.4, -0.2) is 4.44 Å². The normalized spacial score (nSPS) is 25.8. The van der Waals surface area contributed by atoms with Crippen LogP contribution in [0.1, 0.15) is 40.8 Å². The average Bonchev–Trinajstić information content (AvgIpc) is 3.42. The molecule has 0 bridgehead atoms. The van der Waals surface area contributed by atoms with E-state index in [2.05, 4.69) is 120 Å². The number of fused-ring (bicyclic) bond motifs is 1. The lowest BCUT2D eigenvalue weighted by Gasteiger charge is -2.48. The molecule has 0 radical (unpaired) electrons. The molecule has 2 aliphatic rings. The Kier molecular flexibility index (Phi) is 5.69. The fourth-order valence-corrected chi connectivity index (χ4v) is 16.8. The fraction of sp³-hybridized carbons (Fsp3) is 0.161. The van der Waals surface area contributed by atoms with Crippen LogP contribution in [0.3, 0.4) is 0 Å². The van der Waals surface area contributed by atoms with Crippen molar-refractivity contribution < 1.29 is 0 Å². The minimum Gasteiger partial charge on any atom is -0.158 e. The Bertz CT molecular complexity index is 1230. The van der Waals surface area contributed by atoms with Crippen molar-refractivity contribution in [3.05, 3.63) is 145 Å². The van der Waals surface area contributed by atoms with E-state index < -0.39 is 14.8 Å². The van der Waals surface area contributed by atoms with Crippen LogP contribution in [-0.2, 0) is 6.54 Å². The number of hydrogen-bond donors (Lipinski definition) is 0. The van der Waals surface area contributed by atoms with Gasteiger partial charge < -0.3 is 0 Å². The standard InChI is InChI=1S/C31H31NP2/c1-33(28-19-10-5-11-20-28)29-21-13-12-18-27(29)24-32(33)34(2)30(25-14-6-3-7-15-25)22-23-31(34)26-16-8-4-9-17-26/h3-21,30-31H,1-2,22-24H2/t30-,31-,33?/m0/s1. The molecular weight excluding hydrogens is 448 g/mol. The highest BCUT2D eigenvalue weighted by atomic mass is 31.2. The third-order valence-corrected chi connectivity index (χ3v) is 17.4. The molecule has 0 amide bonds. The van der Waals surface area contributed by atoms with Crippen molar-refractivity contribution in [3.63, 3.8) is 0 Å². The zero-order valence-corrected chi connectivity index (χ0v) is 21.3. The van der Waals surface area contributed by atoms with Crippen molar-refractivity contribution in [1.82, 2.24) is 4.44 Å². The smallest absolute Gasteiger partial charge is 0.0953 e. The van der Waals surface area contributed by atoms with Gasteiger partial charge in [0.2, 0.25) is 0 Å². The van der Waals surface area contributed by atoms with Crippen molar-refractivity contribution in [1.29, 1.82) is 0 Å². The van der Waals surface area contributed by atoms with Gasteiger partial charge >= 0.3 is 0 Å². The molecule has 170 valence electrons. The van der Waals surface area contributed by atoms with Crippen molar-refractivity contribution in [2.24, 2.45) is 0 Å². The van der Waals surface area contributed by atoms with E-state index in [4.69, 9.17) is 13.3 Å². The van der Waals surface area contributed by atoms with E-state index in [1.807, 2.05) is 0 Å². The van der Waals surface area contributed by atoms with Gasteiger partial charge in [-0.2, -0.15) is 6.66 Å². The predicted octanol–water partition coefficient (Wildman–Crippen LogP) is 8.18. The van der Waals surface area contributed by atoms with Gasteiger partial charge in [0, 0.05) is 13.0 Å². The first-order chi connectivity index (χ1) is 16.6. The molecule has 1 nitrogen and oxygen atoms in total. The highest BCUT2D eigenvalue weighted by Crippen LogP contribution is 2.92. The zero-order chi connectivity index (χ0) is 23.2. The second kappa shape index (κ2) is 8.73. The molecular formula is C31H31NP2. The minimum atomic E-state index is -2.03. The number of benzene rings is 4. The Balaban J connectivity index is 1.58. The van der Waals surface area contributed by atoms with Crippen LogP contribution in [0.5, 0.6) is 0 Å². The Morgan fingerprint density at radius 1 is 0.588 bits per heavy atom. The Hall–Kier alpha value is -2.30. The van der Waals surface area contributed by atoms with E-state index in [-0.39, 0.29) is 0 Å². The van der Waals surface area contributed by atoms with Gasteiger partial charge in [0.1, 0.15) is 0 Å². The summed E-state index contributed by atoms with van der Waals surface area (Å²) in [7, 11) is -3.96. The van der Waals surface area contributed by atoms with Gasteiger partial charge in [-0.15, -0.1) is 11.1 Å². The first-order valence-corrected chi connectivity index (χ1v) is 16.1. The van der Waals surface area contributed by atoms with Crippen molar-refractivity contribution in [3.8, 4) is 0 Å². The van der Waals surface area contributed by atoms with E-state index in [1.54, 1.807) is 0 Å². The van der Waals surface area contributed by atoms with E-state index in [9.17, 15) is 0 Å². The van der Waals surface area contributed by atoms with Crippen molar-refractivity contribution in [2.45, 2.75) is 30.7 Å². The molecule has 2 heterocycles. The third-order valence-electron chi connectivity index (χ3n) is 7.87. The van der Waals surface area contributed by atoms with E-state index in [0.29, 0.717) is 11.3 Å². The van der Waals surface area contributed by atoms with Crippen LogP contribution in [0.2, 0.25) is 0 Å². The lowest BCUT2D eigenvalue weighted by atomic mass is 10.0. The molecule has 0 aliphatic carbocycles. The molecule has 1 unspecified atom stereocenters. The molecule has 0 N–H and O–H groups in total. The summed E-state index contributed by atoms with van der Waals surface area (Å²) in [5.74, 6) is 0. The van der Waals surface area contributed by atoms with Crippen LogP contribution in [0.25, 0.3) is 0 Å². The summed E-state index contributed by atoms with van der Waals surface area (Å²) in [6.45, 7) is 11.4. The Morgan fingerprint density at radius 3 is 1.62 bits per heavy atom. The molecule has 1 fully saturated rings. The summed E-state index contributed by atoms with van der Waals surface area (Å²) >= 11 is 0. The first-order valence-electron chi connectivity index (χ1n) is 12.1. The van der Waals surface area contributed by atoms with Gasteiger partial charge in [-0.25, -0.2) is 0 Å². The van der Waals surface area contributed by atoms with Crippen LogP contribution < -0.4 is 10.6 Å². The van der Waals surface area contributed by atoms with Gasteiger partial charge in [0.05, 0.1) is 35.9 Å². The predicted molar refractivity (Wildman–Crippen MR) is 150 cm³/mol. The largest absolute Gasteiger partial charge is 0.158 e. The lowest BCUT2D eigenvalue weighted by Crippen LogP contribution is -2.30. The first kappa shape index (κ1) is 22.2. The van der Waals surface area contributed by atoms with Crippen LogP contribution in [0.15, 0.2) is 115 Å². The van der Waals surface area contributed by atoms with Crippen LogP contribution >= 0.6 is 14.8 Å². The Labute approximate surface area is 205 Å². The Morgan fingerprint density at radius 2 is 1.06 bits per heavy atom. The molecule has 6 rings (SSSR count). The molecule has 3 atom stereocenters. The SMILES string of the molecule is [CH2-][P+]1(c2ccccc2)c2ccccc2CN1[P+]1([CH2-])[C@H](c2ccccc2)CC[C@H]1c1ccccc1. The molecule has 34 heavy (non-hydrogen) atoms. The minimum absolute atomic E-state index is 0.457. The van der Waals surface area contributed by atoms with Gasteiger partial charge in [-0.05, 0) is 42.2 Å². The van der Waals surface area contributed by atoms with Gasteiger partial charge in [0.25, 0.3) is 0 Å². The highest BCUT2D eigenvalue weighted by Gasteiger charge is 2.63. The number of hydrogen-bond acceptors (Lipinski definition) is 1. The summed E-state index contributed by atoms with van der Waals surface area (Å²) in [5, 5.41) is 2.81. The van der Waals surface area contributed by atoms with E-state index >= 15 is 0 Å². The summed E-state index contributed by atoms with van der Waals surface area (Å²) < 4.78 is 2.86. The second-order valence-corrected chi connectivity index (χ2v) is 16.4. The molecule has 4 aromatic carbocycles. The second-order valence-electron chi connectivity index (χ2n) is 9.58. The number of rotatable bonds is 4. The summed E-state index contributed by atoms with van der Waals surface area (Å²) in [4.78, 5) is 0. The third kappa shape index (κ3) is 3.33. The molecule has 3 heteroatoms.